The monoisotopic (exact) mass is 161 g/mol. The fourth-order valence-corrected chi connectivity index (χ4v) is 0.546. The zero-order chi connectivity index (χ0) is 8.69. The fraction of sp³-hybridized carbons (Fsp3) is 0.857. The van der Waals surface area contributed by atoms with Gasteiger partial charge in [0, 0.05) is 20.3 Å². The second-order valence-electron chi connectivity index (χ2n) is 2.26. The normalized spacial score (nSPS) is 12.9. The molecule has 4 heteroatoms. The Balaban J connectivity index is 3.17. The maximum absolute atomic E-state index is 10.4. The number of carbonyl (C=O) groups excluding carboxylic acids is 1. The SMILES string of the molecule is COCCCOC(C)C(N)=O. The highest BCUT2D eigenvalue weighted by atomic mass is 16.5. The summed E-state index contributed by atoms with van der Waals surface area (Å²) in [5.41, 5.74) is 4.96. The Labute approximate surface area is 66.7 Å². The minimum atomic E-state index is -0.494. The van der Waals surface area contributed by atoms with E-state index in [9.17, 15) is 4.79 Å². The molecule has 0 saturated heterocycles. The van der Waals surface area contributed by atoms with Gasteiger partial charge in [-0.15, -0.1) is 0 Å². The molecule has 0 aliphatic heterocycles. The number of ether oxygens (including phenoxy) is 2. The summed E-state index contributed by atoms with van der Waals surface area (Å²) in [7, 11) is 1.62. The molecule has 1 atom stereocenters. The van der Waals surface area contributed by atoms with Crippen molar-refractivity contribution in [2.24, 2.45) is 5.73 Å². The van der Waals surface area contributed by atoms with Crippen molar-refractivity contribution in [1.29, 1.82) is 0 Å². The molecule has 0 radical (unpaired) electrons. The van der Waals surface area contributed by atoms with Gasteiger partial charge in [-0.2, -0.15) is 0 Å². The Morgan fingerprint density at radius 2 is 2.18 bits per heavy atom. The molecular weight excluding hydrogens is 146 g/mol. The van der Waals surface area contributed by atoms with E-state index in [4.69, 9.17) is 15.2 Å². The van der Waals surface area contributed by atoms with Gasteiger partial charge in [-0.05, 0) is 13.3 Å². The minimum absolute atomic E-state index is 0.428. The van der Waals surface area contributed by atoms with Crippen LogP contribution in [0.1, 0.15) is 13.3 Å². The number of rotatable bonds is 6. The van der Waals surface area contributed by atoms with Crippen molar-refractivity contribution in [3.8, 4) is 0 Å². The zero-order valence-corrected chi connectivity index (χ0v) is 7.00. The molecule has 0 saturated carbocycles. The van der Waals surface area contributed by atoms with Gasteiger partial charge in [0.15, 0.2) is 0 Å². The van der Waals surface area contributed by atoms with E-state index in [-0.39, 0.29) is 0 Å². The topological polar surface area (TPSA) is 61.6 Å². The lowest BCUT2D eigenvalue weighted by Gasteiger charge is -2.07. The van der Waals surface area contributed by atoms with Gasteiger partial charge in [-0.1, -0.05) is 0 Å². The summed E-state index contributed by atoms with van der Waals surface area (Å²) in [4.78, 5) is 10.4. The number of nitrogens with two attached hydrogens (primary N) is 1. The first kappa shape index (κ1) is 10.4. The van der Waals surface area contributed by atoms with Crippen molar-refractivity contribution in [3.63, 3.8) is 0 Å². The lowest BCUT2D eigenvalue weighted by Crippen LogP contribution is -2.28. The molecule has 0 aliphatic carbocycles. The maximum Gasteiger partial charge on any atom is 0.246 e. The molecular formula is C7H15NO3. The van der Waals surface area contributed by atoms with Crippen LogP contribution in [0.5, 0.6) is 0 Å². The number of hydrogen-bond acceptors (Lipinski definition) is 3. The zero-order valence-electron chi connectivity index (χ0n) is 7.00. The van der Waals surface area contributed by atoms with Crippen LogP contribution in [0.15, 0.2) is 0 Å². The van der Waals surface area contributed by atoms with Gasteiger partial charge in [0.2, 0.25) is 5.91 Å². The molecule has 0 aromatic rings. The third kappa shape index (κ3) is 5.82. The average molecular weight is 161 g/mol. The van der Waals surface area contributed by atoms with Gasteiger partial charge in [0.25, 0.3) is 0 Å². The van der Waals surface area contributed by atoms with Crippen molar-refractivity contribution in [2.75, 3.05) is 20.3 Å². The Bertz CT molecular complexity index is 116. The minimum Gasteiger partial charge on any atom is -0.385 e. The second-order valence-corrected chi connectivity index (χ2v) is 2.26. The van der Waals surface area contributed by atoms with Crippen molar-refractivity contribution >= 4 is 5.91 Å². The molecule has 0 heterocycles. The van der Waals surface area contributed by atoms with E-state index in [1.165, 1.54) is 0 Å². The molecule has 0 rings (SSSR count). The first-order valence-corrected chi connectivity index (χ1v) is 3.58. The third-order valence-electron chi connectivity index (χ3n) is 1.26. The number of methoxy groups -OCH3 is 1. The van der Waals surface area contributed by atoms with Crippen molar-refractivity contribution < 1.29 is 14.3 Å². The lowest BCUT2D eigenvalue weighted by molar-refractivity contribution is -0.128. The van der Waals surface area contributed by atoms with Crippen LogP contribution in [-0.4, -0.2) is 32.3 Å². The van der Waals surface area contributed by atoms with Gasteiger partial charge in [-0.3, -0.25) is 4.79 Å². The first-order chi connectivity index (χ1) is 5.18. The fourth-order valence-electron chi connectivity index (χ4n) is 0.546. The van der Waals surface area contributed by atoms with Crippen LogP contribution in [0.3, 0.4) is 0 Å². The molecule has 1 unspecified atom stereocenters. The van der Waals surface area contributed by atoms with Crippen LogP contribution in [0.2, 0.25) is 0 Å². The molecule has 0 fully saturated rings. The summed E-state index contributed by atoms with van der Waals surface area (Å²) in [6, 6.07) is 0. The van der Waals surface area contributed by atoms with Crippen LogP contribution < -0.4 is 5.73 Å². The molecule has 0 aromatic heterocycles. The van der Waals surface area contributed by atoms with E-state index in [0.29, 0.717) is 13.2 Å². The lowest BCUT2D eigenvalue weighted by atomic mass is 10.4. The van der Waals surface area contributed by atoms with Crippen LogP contribution in [-0.2, 0) is 14.3 Å². The van der Waals surface area contributed by atoms with Crippen molar-refractivity contribution in [1.82, 2.24) is 0 Å². The highest BCUT2D eigenvalue weighted by Crippen LogP contribution is 1.91. The highest BCUT2D eigenvalue weighted by molar-refractivity contribution is 5.78. The summed E-state index contributed by atoms with van der Waals surface area (Å²) >= 11 is 0. The summed E-state index contributed by atoms with van der Waals surface area (Å²) < 4.78 is 9.84. The van der Waals surface area contributed by atoms with E-state index in [1.54, 1.807) is 14.0 Å². The third-order valence-corrected chi connectivity index (χ3v) is 1.26. The Kier molecular flexibility index (Phi) is 5.78. The van der Waals surface area contributed by atoms with E-state index >= 15 is 0 Å². The van der Waals surface area contributed by atoms with Gasteiger partial charge in [-0.25, -0.2) is 0 Å². The Morgan fingerprint density at radius 1 is 1.55 bits per heavy atom. The van der Waals surface area contributed by atoms with Crippen LogP contribution in [0.25, 0.3) is 0 Å². The molecule has 11 heavy (non-hydrogen) atoms. The second kappa shape index (κ2) is 6.12. The Hall–Kier alpha value is -0.610. The van der Waals surface area contributed by atoms with E-state index in [0.717, 1.165) is 6.42 Å². The number of amides is 1. The smallest absolute Gasteiger partial charge is 0.246 e. The molecule has 0 spiro atoms. The molecule has 1 amide bonds. The quantitative estimate of drug-likeness (QED) is 0.554. The summed E-state index contributed by atoms with van der Waals surface area (Å²) in [5, 5.41) is 0. The predicted octanol–water partition coefficient (Wildman–Crippen LogP) is -0.0867. The van der Waals surface area contributed by atoms with Crippen molar-refractivity contribution in [3.05, 3.63) is 0 Å². The molecule has 0 aromatic carbocycles. The average Bonchev–Trinajstić information content (AvgIpc) is 1.97. The van der Waals surface area contributed by atoms with E-state index in [2.05, 4.69) is 0 Å². The number of primary amides is 1. The van der Waals surface area contributed by atoms with Crippen LogP contribution in [0.4, 0.5) is 0 Å². The van der Waals surface area contributed by atoms with Gasteiger partial charge in [0.1, 0.15) is 6.10 Å². The maximum atomic E-state index is 10.4. The van der Waals surface area contributed by atoms with Gasteiger partial charge >= 0.3 is 0 Å². The Morgan fingerprint density at radius 3 is 2.64 bits per heavy atom. The summed E-state index contributed by atoms with van der Waals surface area (Å²) in [6.45, 7) is 2.79. The standard InChI is InChI=1S/C7H15NO3/c1-6(7(8)9)11-5-3-4-10-2/h6H,3-5H2,1-2H3,(H2,8,9). The summed E-state index contributed by atoms with van der Waals surface area (Å²) in [6.07, 6.45) is 0.292. The number of carbonyl (C=O) groups is 1. The molecule has 66 valence electrons. The van der Waals surface area contributed by atoms with Crippen molar-refractivity contribution in [2.45, 2.75) is 19.4 Å². The largest absolute Gasteiger partial charge is 0.385 e. The van der Waals surface area contributed by atoms with Crippen LogP contribution in [0, 0.1) is 0 Å². The summed E-state index contributed by atoms with van der Waals surface area (Å²) in [5.74, 6) is -0.428. The van der Waals surface area contributed by atoms with Gasteiger partial charge in [0.05, 0.1) is 0 Å². The molecule has 0 aliphatic rings. The predicted molar refractivity (Wildman–Crippen MR) is 41.1 cm³/mol. The van der Waals surface area contributed by atoms with E-state index in [1.807, 2.05) is 0 Å². The first-order valence-electron chi connectivity index (χ1n) is 3.58. The molecule has 0 bridgehead atoms. The molecule has 2 N–H and O–H groups in total. The number of hydrogen-bond donors (Lipinski definition) is 1. The van der Waals surface area contributed by atoms with Crippen LogP contribution >= 0.6 is 0 Å². The molecule has 4 nitrogen and oxygen atoms in total. The van der Waals surface area contributed by atoms with Gasteiger partial charge < -0.3 is 15.2 Å². The highest BCUT2D eigenvalue weighted by Gasteiger charge is 2.06. The van der Waals surface area contributed by atoms with E-state index < -0.39 is 12.0 Å².